The largest absolute Gasteiger partial charge is 0.358 e. The molecule has 1 N–H and O–H groups in total. The molecule has 0 aliphatic rings. The minimum atomic E-state index is -0.0533. The highest BCUT2D eigenvalue weighted by Gasteiger charge is 2.08. The summed E-state index contributed by atoms with van der Waals surface area (Å²) in [5.74, 6) is 0.634. The number of rotatable bonds is 3. The Hall–Kier alpha value is -2.17. The number of likely N-dealkylation sites (N-methyl/N-ethyl adjacent to an activating group) is 2. The Bertz CT molecular complexity index is 541. The fourth-order valence-electron chi connectivity index (χ4n) is 1.51. The number of fused-ring (bicyclic) bond motifs is 1. The van der Waals surface area contributed by atoms with Gasteiger partial charge in [-0.3, -0.25) is 9.78 Å². The molecule has 0 aliphatic heterocycles. The van der Waals surface area contributed by atoms with Crippen molar-refractivity contribution in [2.75, 3.05) is 25.5 Å². The maximum absolute atomic E-state index is 11.3. The van der Waals surface area contributed by atoms with Crippen molar-refractivity contribution in [3.63, 3.8) is 0 Å². The Kier molecular flexibility index (Phi) is 3.18. The third kappa shape index (κ3) is 2.50. The molecule has 0 radical (unpaired) electrons. The van der Waals surface area contributed by atoms with E-state index in [1.165, 1.54) is 0 Å². The topological polar surface area (TPSA) is 58.1 Å². The van der Waals surface area contributed by atoms with E-state index in [0.717, 1.165) is 11.0 Å². The van der Waals surface area contributed by atoms with Gasteiger partial charge in [-0.25, -0.2) is 4.98 Å². The number of amides is 1. The van der Waals surface area contributed by atoms with E-state index in [-0.39, 0.29) is 12.5 Å². The highest BCUT2D eigenvalue weighted by molar-refractivity contribution is 5.81. The molecule has 17 heavy (non-hydrogen) atoms. The molecule has 2 aromatic rings. The van der Waals surface area contributed by atoms with Gasteiger partial charge >= 0.3 is 0 Å². The molecule has 0 saturated carbocycles. The summed E-state index contributed by atoms with van der Waals surface area (Å²) in [7, 11) is 3.43. The first-order valence-electron chi connectivity index (χ1n) is 5.34. The quantitative estimate of drug-likeness (QED) is 0.847. The smallest absolute Gasteiger partial charge is 0.239 e. The van der Waals surface area contributed by atoms with Crippen molar-refractivity contribution in [3.8, 4) is 0 Å². The van der Waals surface area contributed by atoms with Crippen LogP contribution in [-0.4, -0.2) is 36.5 Å². The van der Waals surface area contributed by atoms with Gasteiger partial charge in [0, 0.05) is 14.1 Å². The molecule has 1 aromatic carbocycles. The van der Waals surface area contributed by atoms with Crippen molar-refractivity contribution in [3.05, 3.63) is 30.5 Å². The van der Waals surface area contributed by atoms with Crippen LogP contribution in [-0.2, 0) is 4.79 Å². The van der Waals surface area contributed by atoms with Crippen LogP contribution < -0.4 is 10.2 Å². The number of aromatic nitrogens is 2. The zero-order chi connectivity index (χ0) is 12.3. The van der Waals surface area contributed by atoms with E-state index in [9.17, 15) is 4.79 Å². The second-order valence-electron chi connectivity index (χ2n) is 3.75. The summed E-state index contributed by atoms with van der Waals surface area (Å²) in [4.78, 5) is 21.8. The molecular weight excluding hydrogens is 216 g/mol. The van der Waals surface area contributed by atoms with Gasteiger partial charge in [-0.2, -0.15) is 0 Å². The zero-order valence-electron chi connectivity index (χ0n) is 9.84. The Morgan fingerprint density at radius 1 is 1.35 bits per heavy atom. The molecule has 1 aromatic heterocycles. The molecule has 0 unspecified atom stereocenters. The van der Waals surface area contributed by atoms with Crippen LogP contribution >= 0.6 is 0 Å². The summed E-state index contributed by atoms with van der Waals surface area (Å²) in [6.45, 7) is 0.267. The Morgan fingerprint density at radius 2 is 2.06 bits per heavy atom. The maximum atomic E-state index is 11.3. The summed E-state index contributed by atoms with van der Waals surface area (Å²) in [5, 5.41) is 2.57. The molecule has 0 fully saturated rings. The van der Waals surface area contributed by atoms with Crippen LogP contribution in [0.1, 0.15) is 0 Å². The molecule has 0 spiro atoms. The number of hydrogen-bond acceptors (Lipinski definition) is 4. The number of para-hydroxylation sites is 2. The van der Waals surface area contributed by atoms with E-state index >= 15 is 0 Å². The first kappa shape index (κ1) is 11.3. The van der Waals surface area contributed by atoms with Crippen LogP contribution in [0.5, 0.6) is 0 Å². The minimum Gasteiger partial charge on any atom is -0.358 e. The van der Waals surface area contributed by atoms with Crippen LogP contribution in [0.15, 0.2) is 30.5 Å². The monoisotopic (exact) mass is 230 g/mol. The van der Waals surface area contributed by atoms with Crippen LogP contribution in [0.2, 0.25) is 0 Å². The highest BCUT2D eigenvalue weighted by Crippen LogP contribution is 2.13. The van der Waals surface area contributed by atoms with E-state index in [1.54, 1.807) is 18.1 Å². The lowest BCUT2D eigenvalue weighted by Gasteiger charge is -2.16. The van der Waals surface area contributed by atoms with Crippen molar-refractivity contribution >= 4 is 22.8 Å². The van der Waals surface area contributed by atoms with Gasteiger partial charge in [-0.1, -0.05) is 12.1 Å². The fourth-order valence-corrected chi connectivity index (χ4v) is 1.51. The molecule has 0 bridgehead atoms. The number of carbonyl (C=O) groups is 1. The number of hydrogen-bond donors (Lipinski definition) is 1. The summed E-state index contributed by atoms with van der Waals surface area (Å²) >= 11 is 0. The third-order valence-electron chi connectivity index (χ3n) is 2.49. The van der Waals surface area contributed by atoms with Crippen LogP contribution in [0, 0.1) is 0 Å². The van der Waals surface area contributed by atoms with E-state index in [1.807, 2.05) is 31.3 Å². The predicted octanol–water partition coefficient (Wildman–Crippen LogP) is 0.812. The number of carbonyl (C=O) groups excluding carboxylic acids is 1. The molecule has 88 valence electrons. The van der Waals surface area contributed by atoms with Crippen LogP contribution in [0.3, 0.4) is 0 Å². The maximum Gasteiger partial charge on any atom is 0.239 e. The van der Waals surface area contributed by atoms with Gasteiger partial charge in [-0.05, 0) is 12.1 Å². The van der Waals surface area contributed by atoms with Gasteiger partial charge in [0.25, 0.3) is 0 Å². The molecular formula is C12H14N4O. The van der Waals surface area contributed by atoms with Crippen molar-refractivity contribution in [1.82, 2.24) is 15.3 Å². The number of nitrogens with one attached hydrogen (secondary N) is 1. The van der Waals surface area contributed by atoms with Crippen molar-refractivity contribution in [2.45, 2.75) is 0 Å². The molecule has 5 nitrogen and oxygen atoms in total. The number of anilines is 1. The van der Waals surface area contributed by atoms with Crippen molar-refractivity contribution in [2.24, 2.45) is 0 Å². The summed E-state index contributed by atoms with van der Waals surface area (Å²) < 4.78 is 0. The lowest BCUT2D eigenvalue weighted by Crippen LogP contribution is -2.33. The fraction of sp³-hybridized carbons (Fsp3) is 0.250. The van der Waals surface area contributed by atoms with E-state index in [2.05, 4.69) is 15.3 Å². The Balaban J connectivity index is 2.26. The Morgan fingerprint density at radius 3 is 2.76 bits per heavy atom. The average Bonchev–Trinajstić information content (AvgIpc) is 2.38. The molecule has 0 atom stereocenters. The van der Waals surface area contributed by atoms with E-state index in [4.69, 9.17) is 0 Å². The van der Waals surface area contributed by atoms with Gasteiger partial charge in [-0.15, -0.1) is 0 Å². The summed E-state index contributed by atoms with van der Waals surface area (Å²) in [6.07, 6.45) is 1.67. The normalized spacial score (nSPS) is 10.2. The molecule has 0 saturated heterocycles. The van der Waals surface area contributed by atoms with Gasteiger partial charge in [0.2, 0.25) is 5.91 Å². The summed E-state index contributed by atoms with van der Waals surface area (Å²) in [6, 6.07) is 7.65. The zero-order valence-corrected chi connectivity index (χ0v) is 9.84. The average molecular weight is 230 g/mol. The second-order valence-corrected chi connectivity index (χ2v) is 3.75. The van der Waals surface area contributed by atoms with Gasteiger partial charge in [0.15, 0.2) is 0 Å². The highest BCUT2D eigenvalue weighted by atomic mass is 16.1. The molecule has 0 aliphatic carbocycles. The molecule has 1 amide bonds. The van der Waals surface area contributed by atoms with Gasteiger partial charge in [0.05, 0.1) is 23.8 Å². The Labute approximate surface area is 99.5 Å². The van der Waals surface area contributed by atoms with E-state index in [0.29, 0.717) is 5.82 Å². The standard InChI is InChI=1S/C12H14N4O/c1-13-12(17)8-16(2)11-7-14-9-5-3-4-6-10(9)15-11/h3-7H,8H2,1-2H3,(H,13,17). The SMILES string of the molecule is CNC(=O)CN(C)c1cnc2ccccc2n1. The molecule has 5 heteroatoms. The summed E-state index contributed by atoms with van der Waals surface area (Å²) in [5.41, 5.74) is 1.68. The van der Waals surface area contributed by atoms with E-state index < -0.39 is 0 Å². The lowest BCUT2D eigenvalue weighted by atomic mass is 10.3. The third-order valence-corrected chi connectivity index (χ3v) is 2.49. The lowest BCUT2D eigenvalue weighted by molar-refractivity contribution is -0.119. The second kappa shape index (κ2) is 4.78. The minimum absolute atomic E-state index is 0.0533. The predicted molar refractivity (Wildman–Crippen MR) is 66.9 cm³/mol. The first-order valence-corrected chi connectivity index (χ1v) is 5.34. The number of benzene rings is 1. The van der Waals surface area contributed by atoms with Crippen molar-refractivity contribution < 1.29 is 4.79 Å². The van der Waals surface area contributed by atoms with Crippen LogP contribution in [0.4, 0.5) is 5.82 Å². The molecule has 2 rings (SSSR count). The molecule has 1 heterocycles. The van der Waals surface area contributed by atoms with Gasteiger partial charge < -0.3 is 10.2 Å². The first-order chi connectivity index (χ1) is 8.20. The van der Waals surface area contributed by atoms with Crippen LogP contribution in [0.25, 0.3) is 11.0 Å². The van der Waals surface area contributed by atoms with Gasteiger partial charge in [0.1, 0.15) is 5.82 Å². The number of nitrogens with zero attached hydrogens (tertiary/aromatic N) is 3. The van der Waals surface area contributed by atoms with Crippen molar-refractivity contribution in [1.29, 1.82) is 0 Å².